The molecule has 0 spiro atoms. The van der Waals surface area contributed by atoms with Crippen molar-refractivity contribution in [2.24, 2.45) is 5.92 Å². The summed E-state index contributed by atoms with van der Waals surface area (Å²) in [6.45, 7) is 0.890. The van der Waals surface area contributed by atoms with Crippen LogP contribution in [-0.2, 0) is 14.8 Å². The summed E-state index contributed by atoms with van der Waals surface area (Å²) in [4.78, 5) is 14.8. The van der Waals surface area contributed by atoms with Crippen molar-refractivity contribution in [3.8, 4) is 11.1 Å². The molecule has 5 rings (SSSR count). The summed E-state index contributed by atoms with van der Waals surface area (Å²) in [7, 11) is -3.28. The molecule has 31 heavy (non-hydrogen) atoms. The van der Waals surface area contributed by atoms with Crippen molar-refractivity contribution < 1.29 is 22.0 Å². The van der Waals surface area contributed by atoms with Crippen LogP contribution in [0.15, 0.2) is 42.5 Å². The smallest absolute Gasteiger partial charge is 0.226 e. The molecule has 0 aromatic heterocycles. The fraction of sp³-hybridized carbons (Fsp3) is 0.435. The average Bonchev–Trinajstić information content (AvgIpc) is 3.65. The number of hydrogen-bond acceptors (Lipinski definition) is 3. The lowest BCUT2D eigenvalue weighted by atomic mass is 9.95. The van der Waals surface area contributed by atoms with E-state index in [9.17, 15) is 22.0 Å². The van der Waals surface area contributed by atoms with E-state index in [4.69, 9.17) is 0 Å². The molecule has 0 unspecified atom stereocenters. The van der Waals surface area contributed by atoms with E-state index >= 15 is 0 Å². The third-order valence-electron chi connectivity index (χ3n) is 6.49. The number of carbonyl (C=O) groups excluding carboxylic acids is 1. The maximum atomic E-state index is 14.4. The van der Waals surface area contributed by atoms with Crippen LogP contribution in [0.5, 0.6) is 0 Å². The first kappa shape index (κ1) is 20.6. The van der Waals surface area contributed by atoms with Crippen LogP contribution in [0.4, 0.5) is 8.78 Å². The van der Waals surface area contributed by atoms with Gasteiger partial charge in [-0.25, -0.2) is 21.9 Å². The first-order valence-electron chi connectivity index (χ1n) is 10.7. The van der Waals surface area contributed by atoms with Gasteiger partial charge in [0.1, 0.15) is 11.6 Å². The number of nitrogens with zero attached hydrogens (tertiary/aromatic N) is 1. The van der Waals surface area contributed by atoms with Gasteiger partial charge < -0.3 is 4.90 Å². The predicted octanol–water partition coefficient (Wildman–Crippen LogP) is 3.42. The Morgan fingerprint density at radius 3 is 2.42 bits per heavy atom. The molecule has 1 heterocycles. The molecule has 3 fully saturated rings. The van der Waals surface area contributed by atoms with Gasteiger partial charge in [0.25, 0.3) is 0 Å². The molecule has 164 valence electrons. The topological polar surface area (TPSA) is 66.5 Å². The fourth-order valence-electron chi connectivity index (χ4n) is 4.61. The van der Waals surface area contributed by atoms with Crippen LogP contribution < -0.4 is 4.72 Å². The van der Waals surface area contributed by atoms with Gasteiger partial charge in [0.2, 0.25) is 15.9 Å². The minimum Gasteiger partial charge on any atom is -0.341 e. The van der Waals surface area contributed by atoms with Crippen molar-refractivity contribution in [3.05, 3.63) is 59.7 Å². The Morgan fingerprint density at radius 2 is 1.71 bits per heavy atom. The lowest BCUT2D eigenvalue weighted by Crippen LogP contribution is -2.40. The van der Waals surface area contributed by atoms with Crippen LogP contribution in [-0.4, -0.2) is 43.6 Å². The first-order valence-corrected chi connectivity index (χ1v) is 12.2. The number of amides is 1. The Bertz CT molecular complexity index is 1110. The van der Waals surface area contributed by atoms with Gasteiger partial charge in [-0.15, -0.1) is 0 Å². The fourth-order valence-corrected chi connectivity index (χ4v) is 6.22. The molecule has 5 nitrogen and oxygen atoms in total. The Hall–Kier alpha value is -2.32. The zero-order valence-corrected chi connectivity index (χ0v) is 17.7. The molecule has 1 N–H and O–H groups in total. The summed E-state index contributed by atoms with van der Waals surface area (Å²) in [5.74, 6) is -1.59. The Morgan fingerprint density at radius 1 is 1.00 bits per heavy atom. The van der Waals surface area contributed by atoms with E-state index in [2.05, 4.69) is 4.72 Å². The average molecular weight is 447 g/mol. The highest BCUT2D eigenvalue weighted by molar-refractivity contribution is 7.90. The highest BCUT2D eigenvalue weighted by Crippen LogP contribution is 2.51. The highest BCUT2D eigenvalue weighted by atomic mass is 32.2. The third-order valence-corrected chi connectivity index (χ3v) is 8.51. The van der Waals surface area contributed by atoms with Crippen LogP contribution in [0.3, 0.4) is 0 Å². The normalized spacial score (nSPS) is 25.6. The first-order chi connectivity index (χ1) is 14.8. The van der Waals surface area contributed by atoms with E-state index in [1.807, 2.05) is 12.1 Å². The summed E-state index contributed by atoms with van der Waals surface area (Å²) in [6.07, 6.45) is 2.64. The van der Waals surface area contributed by atoms with Gasteiger partial charge in [-0.1, -0.05) is 30.3 Å². The molecule has 0 bridgehead atoms. The standard InChI is InChI=1S/C23H24F2N2O3S/c24-20-6-3-7-21(25)22(20)17-5-2-1-4-16(17)18-12-19(18)23(28)27-11-10-14(13-27)26-31(29,30)15-8-9-15/h1-7,14-15,18-19,26H,8-13H2/t14-,18+,19-/m1/s1. The van der Waals surface area contributed by atoms with Crippen molar-refractivity contribution in [2.45, 2.75) is 42.9 Å². The van der Waals surface area contributed by atoms with Gasteiger partial charge in [-0.2, -0.15) is 0 Å². The molecular weight excluding hydrogens is 422 g/mol. The second-order valence-electron chi connectivity index (χ2n) is 8.76. The van der Waals surface area contributed by atoms with Gasteiger partial charge in [0.15, 0.2) is 0 Å². The van der Waals surface area contributed by atoms with E-state index in [1.54, 1.807) is 17.0 Å². The Kier molecular flexibility index (Phi) is 5.09. The molecule has 2 aromatic rings. The number of nitrogens with one attached hydrogen (secondary N) is 1. The summed E-state index contributed by atoms with van der Waals surface area (Å²) in [5.41, 5.74) is 1.19. The molecule has 2 saturated carbocycles. The second kappa shape index (κ2) is 7.67. The minimum atomic E-state index is -3.28. The number of benzene rings is 2. The van der Waals surface area contributed by atoms with E-state index in [0.717, 1.165) is 5.56 Å². The van der Waals surface area contributed by atoms with Crippen molar-refractivity contribution in [1.82, 2.24) is 9.62 Å². The molecule has 3 aliphatic rings. The molecule has 3 atom stereocenters. The van der Waals surface area contributed by atoms with E-state index in [0.29, 0.717) is 44.3 Å². The lowest BCUT2D eigenvalue weighted by Gasteiger charge is -2.18. The van der Waals surface area contributed by atoms with Gasteiger partial charge in [-0.3, -0.25) is 4.79 Å². The zero-order valence-electron chi connectivity index (χ0n) is 16.9. The molecule has 0 radical (unpaired) electrons. The molecule has 2 aliphatic carbocycles. The largest absolute Gasteiger partial charge is 0.341 e. The predicted molar refractivity (Wildman–Crippen MR) is 113 cm³/mol. The van der Waals surface area contributed by atoms with E-state index < -0.39 is 21.7 Å². The van der Waals surface area contributed by atoms with Crippen LogP contribution in [0.25, 0.3) is 11.1 Å². The van der Waals surface area contributed by atoms with Crippen LogP contribution >= 0.6 is 0 Å². The zero-order chi connectivity index (χ0) is 21.8. The number of carbonyl (C=O) groups is 1. The Labute approximate surface area is 180 Å². The summed E-state index contributed by atoms with van der Waals surface area (Å²) >= 11 is 0. The monoisotopic (exact) mass is 446 g/mol. The molecular formula is C23H24F2N2O3S. The van der Waals surface area contributed by atoms with E-state index in [1.165, 1.54) is 18.2 Å². The second-order valence-corrected chi connectivity index (χ2v) is 10.8. The van der Waals surface area contributed by atoms with Gasteiger partial charge >= 0.3 is 0 Å². The third kappa shape index (κ3) is 3.99. The number of likely N-dealkylation sites (tertiary alicyclic amines) is 1. The van der Waals surface area contributed by atoms with E-state index in [-0.39, 0.29) is 34.6 Å². The molecule has 1 amide bonds. The van der Waals surface area contributed by atoms with Gasteiger partial charge in [0, 0.05) is 25.0 Å². The van der Waals surface area contributed by atoms with Gasteiger partial charge in [-0.05, 0) is 54.9 Å². The maximum absolute atomic E-state index is 14.4. The summed E-state index contributed by atoms with van der Waals surface area (Å²) < 4.78 is 55.8. The number of rotatable bonds is 6. The van der Waals surface area contributed by atoms with Crippen molar-refractivity contribution in [3.63, 3.8) is 0 Å². The Balaban J connectivity index is 1.29. The quantitative estimate of drug-likeness (QED) is 0.740. The van der Waals surface area contributed by atoms with Crippen molar-refractivity contribution >= 4 is 15.9 Å². The SMILES string of the molecule is O=C([C@@H]1C[C@H]1c1ccccc1-c1c(F)cccc1F)N1CC[C@@H](NS(=O)(=O)C2CC2)C1. The molecule has 8 heteroatoms. The number of halogens is 2. The maximum Gasteiger partial charge on any atom is 0.226 e. The summed E-state index contributed by atoms with van der Waals surface area (Å²) in [5, 5.41) is -0.277. The van der Waals surface area contributed by atoms with Crippen LogP contribution in [0.1, 0.15) is 37.2 Å². The number of hydrogen-bond donors (Lipinski definition) is 1. The lowest BCUT2D eigenvalue weighted by molar-refractivity contribution is -0.131. The van der Waals surface area contributed by atoms with Crippen LogP contribution in [0.2, 0.25) is 0 Å². The molecule has 2 aromatic carbocycles. The molecule has 1 aliphatic heterocycles. The summed E-state index contributed by atoms with van der Waals surface area (Å²) in [6, 6.07) is 10.6. The minimum absolute atomic E-state index is 0.0121. The van der Waals surface area contributed by atoms with Gasteiger partial charge in [0.05, 0.1) is 10.8 Å². The van der Waals surface area contributed by atoms with Crippen molar-refractivity contribution in [1.29, 1.82) is 0 Å². The van der Waals surface area contributed by atoms with Crippen molar-refractivity contribution in [2.75, 3.05) is 13.1 Å². The highest BCUT2D eigenvalue weighted by Gasteiger charge is 2.48. The number of sulfonamides is 1. The van der Waals surface area contributed by atoms with Crippen LogP contribution in [0, 0.1) is 17.6 Å². The molecule has 1 saturated heterocycles.